The van der Waals surface area contributed by atoms with E-state index in [0.29, 0.717) is 0 Å². The van der Waals surface area contributed by atoms with Crippen molar-refractivity contribution in [3.8, 4) is 0 Å². The molecule has 0 unspecified atom stereocenters. The molecule has 0 aliphatic carbocycles. The van der Waals surface area contributed by atoms with E-state index in [2.05, 4.69) is 10.0 Å². The van der Waals surface area contributed by atoms with Gasteiger partial charge in [0.05, 0.1) is 15.5 Å². The SMILES string of the molecule is O=C(NCc1ccccc1F)c1cc(S(=O)(=O)Nc2ccc(F)cc2)ccc1Cl. The number of benzene rings is 3. The summed E-state index contributed by atoms with van der Waals surface area (Å²) in [7, 11) is -4.04. The van der Waals surface area contributed by atoms with Crippen LogP contribution in [0.2, 0.25) is 5.02 Å². The highest BCUT2D eigenvalue weighted by Crippen LogP contribution is 2.23. The molecule has 0 saturated carbocycles. The Morgan fingerprint density at radius 1 is 0.966 bits per heavy atom. The lowest BCUT2D eigenvalue weighted by atomic mass is 10.2. The first-order valence-electron chi connectivity index (χ1n) is 8.36. The molecule has 0 spiro atoms. The minimum Gasteiger partial charge on any atom is -0.348 e. The summed E-state index contributed by atoms with van der Waals surface area (Å²) < 4.78 is 54.1. The Morgan fingerprint density at radius 3 is 2.34 bits per heavy atom. The molecule has 0 saturated heterocycles. The first kappa shape index (κ1) is 20.8. The van der Waals surface area contributed by atoms with Gasteiger partial charge in [-0.3, -0.25) is 9.52 Å². The molecular formula is C20H15ClF2N2O3S. The van der Waals surface area contributed by atoms with Gasteiger partial charge in [0.1, 0.15) is 11.6 Å². The molecule has 29 heavy (non-hydrogen) atoms. The summed E-state index contributed by atoms with van der Waals surface area (Å²) in [5, 5.41) is 2.55. The van der Waals surface area contributed by atoms with Crippen molar-refractivity contribution in [3.63, 3.8) is 0 Å². The van der Waals surface area contributed by atoms with Crippen molar-refractivity contribution in [2.45, 2.75) is 11.4 Å². The van der Waals surface area contributed by atoms with Crippen molar-refractivity contribution in [2.24, 2.45) is 0 Å². The van der Waals surface area contributed by atoms with E-state index in [0.717, 1.165) is 18.2 Å². The average molecular weight is 437 g/mol. The third kappa shape index (κ3) is 5.10. The maximum absolute atomic E-state index is 13.7. The molecule has 3 aromatic rings. The second-order valence-corrected chi connectivity index (χ2v) is 8.12. The summed E-state index contributed by atoms with van der Waals surface area (Å²) in [6, 6.07) is 14.3. The number of hydrogen-bond donors (Lipinski definition) is 2. The first-order chi connectivity index (χ1) is 13.8. The summed E-state index contributed by atoms with van der Waals surface area (Å²) >= 11 is 6.04. The molecule has 0 bridgehead atoms. The minimum atomic E-state index is -4.04. The van der Waals surface area contributed by atoms with Crippen LogP contribution in [0.5, 0.6) is 0 Å². The predicted molar refractivity (Wildman–Crippen MR) is 106 cm³/mol. The van der Waals surface area contributed by atoms with Crippen molar-refractivity contribution in [2.75, 3.05) is 4.72 Å². The van der Waals surface area contributed by atoms with Crippen molar-refractivity contribution < 1.29 is 22.0 Å². The highest BCUT2D eigenvalue weighted by Gasteiger charge is 2.19. The number of carbonyl (C=O) groups is 1. The highest BCUT2D eigenvalue weighted by atomic mass is 35.5. The molecule has 3 rings (SSSR count). The van der Waals surface area contributed by atoms with Crippen molar-refractivity contribution in [1.82, 2.24) is 5.32 Å². The molecule has 0 atom stereocenters. The summed E-state index contributed by atoms with van der Waals surface area (Å²) in [5.41, 5.74) is 0.357. The number of rotatable bonds is 6. The maximum Gasteiger partial charge on any atom is 0.261 e. The zero-order chi connectivity index (χ0) is 21.0. The highest BCUT2D eigenvalue weighted by molar-refractivity contribution is 7.92. The van der Waals surface area contributed by atoms with Crippen molar-refractivity contribution >= 4 is 33.2 Å². The van der Waals surface area contributed by atoms with Crippen molar-refractivity contribution in [3.05, 3.63) is 94.5 Å². The van der Waals surface area contributed by atoms with Gasteiger partial charge in [-0.05, 0) is 48.5 Å². The summed E-state index contributed by atoms with van der Waals surface area (Å²) in [6.07, 6.45) is 0. The molecule has 2 N–H and O–H groups in total. The monoisotopic (exact) mass is 436 g/mol. The average Bonchev–Trinajstić information content (AvgIpc) is 2.69. The number of carbonyl (C=O) groups excluding carboxylic acids is 1. The molecule has 0 aromatic heterocycles. The third-order valence-corrected chi connectivity index (χ3v) is 5.69. The van der Waals surface area contributed by atoms with Crippen molar-refractivity contribution in [1.29, 1.82) is 0 Å². The lowest BCUT2D eigenvalue weighted by Gasteiger charge is -2.11. The molecule has 3 aromatic carbocycles. The largest absolute Gasteiger partial charge is 0.348 e. The number of hydrogen-bond acceptors (Lipinski definition) is 3. The summed E-state index contributed by atoms with van der Waals surface area (Å²) in [4.78, 5) is 12.2. The smallest absolute Gasteiger partial charge is 0.261 e. The number of sulfonamides is 1. The Kier molecular flexibility index (Phi) is 6.14. The molecule has 150 valence electrons. The van der Waals surface area contributed by atoms with E-state index in [1.165, 1.54) is 42.5 Å². The van der Waals surface area contributed by atoms with Gasteiger partial charge < -0.3 is 5.32 Å². The van der Waals surface area contributed by atoms with Crippen LogP contribution in [0.25, 0.3) is 0 Å². The zero-order valence-electron chi connectivity index (χ0n) is 14.8. The molecule has 5 nitrogen and oxygen atoms in total. The molecule has 0 heterocycles. The summed E-state index contributed by atoms with van der Waals surface area (Å²) in [6.45, 7) is -0.0906. The van der Waals surface area contributed by atoms with Gasteiger partial charge in [0.2, 0.25) is 0 Å². The van der Waals surface area contributed by atoms with Gasteiger partial charge in [-0.1, -0.05) is 29.8 Å². The molecule has 1 amide bonds. The number of anilines is 1. The van der Waals surface area contributed by atoms with E-state index < -0.39 is 27.6 Å². The normalized spacial score (nSPS) is 11.1. The Bertz CT molecular complexity index is 1150. The Morgan fingerprint density at radius 2 is 1.66 bits per heavy atom. The van der Waals surface area contributed by atoms with Crippen LogP contribution in [0.1, 0.15) is 15.9 Å². The van der Waals surface area contributed by atoms with E-state index in [4.69, 9.17) is 11.6 Å². The van der Waals surface area contributed by atoms with Crippen LogP contribution in [-0.2, 0) is 16.6 Å². The van der Waals surface area contributed by atoms with Crippen LogP contribution in [-0.4, -0.2) is 14.3 Å². The Balaban J connectivity index is 1.80. The fourth-order valence-corrected chi connectivity index (χ4v) is 3.78. The Labute approximate surface area is 171 Å². The number of amides is 1. The second kappa shape index (κ2) is 8.59. The lowest BCUT2D eigenvalue weighted by Crippen LogP contribution is -2.24. The molecule has 0 fully saturated rings. The minimum absolute atomic E-state index is 0.0387. The van der Waals surface area contributed by atoms with E-state index >= 15 is 0 Å². The van der Waals surface area contributed by atoms with Gasteiger partial charge >= 0.3 is 0 Å². The van der Waals surface area contributed by atoms with Gasteiger partial charge in [-0.25, -0.2) is 17.2 Å². The van der Waals surface area contributed by atoms with Gasteiger partial charge in [0.15, 0.2) is 0 Å². The predicted octanol–water partition coefficient (Wildman–Crippen LogP) is 4.35. The molecule has 0 aliphatic heterocycles. The van der Waals surface area contributed by atoms with Crippen LogP contribution < -0.4 is 10.0 Å². The van der Waals surface area contributed by atoms with Crippen LogP contribution in [0.3, 0.4) is 0 Å². The first-order valence-corrected chi connectivity index (χ1v) is 10.2. The quantitative estimate of drug-likeness (QED) is 0.603. The van der Waals surface area contributed by atoms with Crippen LogP contribution in [0.15, 0.2) is 71.6 Å². The van der Waals surface area contributed by atoms with Gasteiger partial charge in [-0.2, -0.15) is 0 Å². The van der Waals surface area contributed by atoms with E-state index in [1.807, 2.05) is 0 Å². The van der Waals surface area contributed by atoms with E-state index in [-0.39, 0.29) is 33.3 Å². The summed E-state index contributed by atoms with van der Waals surface area (Å²) in [5.74, 6) is -1.64. The fourth-order valence-electron chi connectivity index (χ4n) is 2.49. The molecule has 0 aliphatic rings. The molecular weight excluding hydrogens is 422 g/mol. The third-order valence-electron chi connectivity index (χ3n) is 3.99. The van der Waals surface area contributed by atoms with E-state index in [1.54, 1.807) is 6.07 Å². The maximum atomic E-state index is 13.7. The van der Waals surface area contributed by atoms with Crippen LogP contribution in [0, 0.1) is 11.6 Å². The van der Waals surface area contributed by atoms with Crippen LogP contribution >= 0.6 is 11.6 Å². The zero-order valence-corrected chi connectivity index (χ0v) is 16.4. The number of nitrogens with one attached hydrogen (secondary N) is 2. The lowest BCUT2D eigenvalue weighted by molar-refractivity contribution is 0.0950. The van der Waals surface area contributed by atoms with Gasteiger partial charge in [-0.15, -0.1) is 0 Å². The van der Waals surface area contributed by atoms with E-state index in [9.17, 15) is 22.0 Å². The topological polar surface area (TPSA) is 75.3 Å². The standard InChI is InChI=1S/C20H15ClF2N2O3S/c21-18-10-9-16(29(27,28)25-15-7-5-14(22)6-8-15)11-17(18)20(26)24-12-13-3-1-2-4-19(13)23/h1-11,25H,12H2,(H,24,26). The second-order valence-electron chi connectivity index (χ2n) is 6.03. The molecule has 0 radical (unpaired) electrons. The van der Waals surface area contributed by atoms with Crippen LogP contribution in [0.4, 0.5) is 14.5 Å². The number of halogens is 3. The van der Waals surface area contributed by atoms with Gasteiger partial charge in [0.25, 0.3) is 15.9 Å². The van der Waals surface area contributed by atoms with Gasteiger partial charge in [0, 0.05) is 17.8 Å². The fraction of sp³-hybridized carbons (Fsp3) is 0.0500. The Hall–Kier alpha value is -2.97. The molecule has 9 heteroatoms.